The molecule has 0 bridgehead atoms. The van der Waals surface area contributed by atoms with Crippen LogP contribution >= 0.6 is 0 Å². The average Bonchev–Trinajstić information content (AvgIpc) is 3.16. The lowest BCUT2D eigenvalue weighted by atomic mass is 10.0. The van der Waals surface area contributed by atoms with E-state index in [4.69, 9.17) is 15.5 Å². The molecule has 0 amide bonds. The van der Waals surface area contributed by atoms with E-state index in [1.54, 1.807) is 0 Å². The lowest BCUT2D eigenvalue weighted by molar-refractivity contribution is -0.0264. The molecule has 0 saturated carbocycles. The second-order valence-electron chi connectivity index (χ2n) is 7.29. The summed E-state index contributed by atoms with van der Waals surface area (Å²) in [4.78, 5) is 10.6. The van der Waals surface area contributed by atoms with Gasteiger partial charge in [-0.25, -0.2) is 4.98 Å². The van der Waals surface area contributed by atoms with E-state index in [0.29, 0.717) is 6.54 Å². The van der Waals surface area contributed by atoms with Crippen molar-refractivity contribution in [2.75, 3.05) is 26.7 Å². The Bertz CT molecular complexity index is 959. The van der Waals surface area contributed by atoms with E-state index in [1.165, 1.54) is 0 Å². The van der Waals surface area contributed by atoms with Gasteiger partial charge in [0.05, 0.1) is 23.7 Å². The van der Waals surface area contributed by atoms with E-state index < -0.39 is 0 Å². The number of para-hydroxylation sites is 2. The molecule has 1 atom stereocenters. The number of H-pyrrole nitrogens is 1. The van der Waals surface area contributed by atoms with E-state index in [1.807, 2.05) is 36.4 Å². The average molecular weight is 374 g/mol. The highest BCUT2D eigenvalue weighted by Gasteiger charge is 2.26. The fourth-order valence-electron chi connectivity index (χ4n) is 3.64. The number of piperidine rings is 1. The number of nitrogens with zero attached hydrogens (tertiary/aromatic N) is 2. The van der Waals surface area contributed by atoms with Crippen LogP contribution in [0, 0.1) is 11.8 Å². The number of hydrogen-bond donors (Lipinski definition) is 2. The smallest absolute Gasteiger partial charge is 0.141 e. The third-order valence-electron chi connectivity index (χ3n) is 5.17. The summed E-state index contributed by atoms with van der Waals surface area (Å²) in [6, 6.07) is 16.3. The normalized spacial score (nSPS) is 16.6. The lowest BCUT2D eigenvalue weighted by Gasteiger charge is -2.31. The molecule has 4 rings (SSSR count). The summed E-state index contributed by atoms with van der Waals surface area (Å²) in [6.07, 6.45) is 2.02. The second kappa shape index (κ2) is 8.57. The first-order valence-corrected chi connectivity index (χ1v) is 9.80. The van der Waals surface area contributed by atoms with Gasteiger partial charge in [-0.1, -0.05) is 36.1 Å². The Hall–Kier alpha value is -2.65. The maximum absolute atomic E-state index is 6.61. The zero-order chi connectivity index (χ0) is 19.3. The van der Waals surface area contributed by atoms with Gasteiger partial charge in [0.15, 0.2) is 0 Å². The second-order valence-corrected chi connectivity index (χ2v) is 7.29. The van der Waals surface area contributed by atoms with Gasteiger partial charge in [0, 0.05) is 18.7 Å². The van der Waals surface area contributed by atoms with Crippen LogP contribution in [0.4, 0.5) is 0 Å². The molecule has 1 aliphatic rings. The van der Waals surface area contributed by atoms with Crippen LogP contribution in [0.25, 0.3) is 11.0 Å². The van der Waals surface area contributed by atoms with Gasteiger partial charge in [-0.3, -0.25) is 0 Å². The van der Waals surface area contributed by atoms with Gasteiger partial charge in [-0.05, 0) is 49.7 Å². The van der Waals surface area contributed by atoms with Gasteiger partial charge in [0.25, 0.3) is 0 Å². The molecule has 0 spiro atoms. The molecule has 5 heteroatoms. The van der Waals surface area contributed by atoms with E-state index in [-0.39, 0.29) is 12.2 Å². The predicted molar refractivity (Wildman–Crippen MR) is 112 cm³/mol. The number of imidazole rings is 1. The first-order chi connectivity index (χ1) is 13.7. The standard InChI is InChI=1S/C23H26N4O/c1-27-14-11-19(12-15-27)28-22(18-8-4-6-17(16-18)7-5-13-24)23-25-20-9-2-3-10-21(20)26-23/h2-4,6,8-10,16,19,22H,11-15,24H2,1H3,(H,25,26). The number of fused-ring (bicyclic) bond motifs is 1. The minimum absolute atomic E-state index is 0.216. The Morgan fingerprint density at radius 1 is 1.21 bits per heavy atom. The molecule has 2 heterocycles. The molecular weight excluding hydrogens is 348 g/mol. The zero-order valence-corrected chi connectivity index (χ0v) is 16.2. The Labute approximate surface area is 165 Å². The van der Waals surface area contributed by atoms with Gasteiger partial charge >= 0.3 is 0 Å². The van der Waals surface area contributed by atoms with Crippen LogP contribution in [0.1, 0.15) is 35.9 Å². The van der Waals surface area contributed by atoms with Crippen molar-refractivity contribution in [1.29, 1.82) is 0 Å². The summed E-state index contributed by atoms with van der Waals surface area (Å²) in [5.41, 5.74) is 9.50. The molecule has 0 aliphatic carbocycles. The van der Waals surface area contributed by atoms with E-state index in [2.05, 4.69) is 40.9 Å². The molecule has 3 N–H and O–H groups in total. The molecule has 1 aromatic heterocycles. The largest absolute Gasteiger partial charge is 0.362 e. The number of ether oxygens (including phenoxy) is 1. The van der Waals surface area contributed by atoms with Crippen LogP contribution in [0.3, 0.4) is 0 Å². The quantitative estimate of drug-likeness (QED) is 0.689. The highest BCUT2D eigenvalue weighted by Crippen LogP contribution is 2.30. The summed E-state index contributed by atoms with van der Waals surface area (Å²) in [7, 11) is 2.16. The molecule has 2 aromatic carbocycles. The Balaban J connectivity index is 1.68. The molecule has 0 radical (unpaired) electrons. The molecule has 3 aromatic rings. The van der Waals surface area contributed by atoms with E-state index in [9.17, 15) is 0 Å². The van der Waals surface area contributed by atoms with Crippen LogP contribution < -0.4 is 5.73 Å². The van der Waals surface area contributed by atoms with Crippen molar-refractivity contribution in [3.05, 3.63) is 65.5 Å². The van der Waals surface area contributed by atoms with Crippen molar-refractivity contribution in [2.45, 2.75) is 25.0 Å². The third-order valence-corrected chi connectivity index (χ3v) is 5.17. The fourth-order valence-corrected chi connectivity index (χ4v) is 3.64. The summed E-state index contributed by atoms with van der Waals surface area (Å²) in [5.74, 6) is 6.88. The van der Waals surface area contributed by atoms with Crippen LogP contribution in [0.2, 0.25) is 0 Å². The molecule has 1 unspecified atom stereocenters. The van der Waals surface area contributed by atoms with Crippen LogP contribution in [-0.2, 0) is 4.74 Å². The van der Waals surface area contributed by atoms with Crippen LogP contribution in [-0.4, -0.2) is 47.7 Å². The van der Waals surface area contributed by atoms with Gasteiger partial charge in [0.2, 0.25) is 0 Å². The monoisotopic (exact) mass is 374 g/mol. The van der Waals surface area contributed by atoms with Gasteiger partial charge in [-0.2, -0.15) is 0 Å². The third kappa shape index (κ3) is 4.26. The Morgan fingerprint density at radius 3 is 2.82 bits per heavy atom. The van der Waals surface area contributed by atoms with Crippen molar-refractivity contribution in [3.63, 3.8) is 0 Å². The summed E-state index contributed by atoms with van der Waals surface area (Å²) < 4.78 is 6.61. The molecule has 28 heavy (non-hydrogen) atoms. The maximum Gasteiger partial charge on any atom is 0.141 e. The highest BCUT2D eigenvalue weighted by molar-refractivity contribution is 5.74. The number of likely N-dealkylation sites (tertiary alicyclic amines) is 1. The first-order valence-electron chi connectivity index (χ1n) is 9.80. The Kier molecular flexibility index (Phi) is 5.73. The number of aromatic amines is 1. The van der Waals surface area contributed by atoms with Crippen molar-refractivity contribution < 1.29 is 4.74 Å². The zero-order valence-electron chi connectivity index (χ0n) is 16.2. The number of rotatable bonds is 4. The van der Waals surface area contributed by atoms with Gasteiger partial charge in [0.1, 0.15) is 11.9 Å². The maximum atomic E-state index is 6.61. The molecule has 5 nitrogen and oxygen atoms in total. The number of benzene rings is 2. The SMILES string of the molecule is CN1CCC(OC(c2cccc(C#CCN)c2)c2nc3ccccc3[nH]2)CC1. The predicted octanol–water partition coefficient (Wildman–Crippen LogP) is 3.07. The number of nitrogens with two attached hydrogens (primary N) is 1. The van der Waals surface area contributed by atoms with Crippen molar-refractivity contribution >= 4 is 11.0 Å². The van der Waals surface area contributed by atoms with E-state index in [0.717, 1.165) is 53.9 Å². The van der Waals surface area contributed by atoms with Gasteiger partial charge < -0.3 is 20.4 Å². The topological polar surface area (TPSA) is 67.2 Å². The highest BCUT2D eigenvalue weighted by atomic mass is 16.5. The van der Waals surface area contributed by atoms with Gasteiger partial charge in [-0.15, -0.1) is 0 Å². The Morgan fingerprint density at radius 2 is 2.04 bits per heavy atom. The summed E-state index contributed by atoms with van der Waals surface area (Å²) in [5, 5.41) is 0. The van der Waals surface area contributed by atoms with E-state index >= 15 is 0 Å². The molecule has 1 saturated heterocycles. The van der Waals surface area contributed by atoms with Crippen LogP contribution in [0.5, 0.6) is 0 Å². The lowest BCUT2D eigenvalue weighted by Crippen LogP contribution is -2.35. The number of nitrogens with one attached hydrogen (secondary N) is 1. The molecule has 144 valence electrons. The summed E-state index contributed by atoms with van der Waals surface area (Å²) >= 11 is 0. The number of aromatic nitrogens is 2. The first kappa shape index (κ1) is 18.7. The fraction of sp³-hybridized carbons (Fsp3) is 0.348. The minimum atomic E-state index is -0.250. The minimum Gasteiger partial charge on any atom is -0.362 e. The van der Waals surface area contributed by atoms with Crippen molar-refractivity contribution in [2.24, 2.45) is 5.73 Å². The summed E-state index contributed by atoms with van der Waals surface area (Å²) in [6.45, 7) is 2.46. The van der Waals surface area contributed by atoms with Crippen LogP contribution in [0.15, 0.2) is 48.5 Å². The molecule has 1 fully saturated rings. The molecule has 1 aliphatic heterocycles. The number of hydrogen-bond acceptors (Lipinski definition) is 4. The van der Waals surface area contributed by atoms with Crippen molar-refractivity contribution in [3.8, 4) is 11.8 Å². The molecular formula is C23H26N4O. The van der Waals surface area contributed by atoms with Crippen molar-refractivity contribution in [1.82, 2.24) is 14.9 Å².